The number of halogens is 1. The molecule has 2 aromatic rings. The van der Waals surface area contributed by atoms with E-state index in [0.717, 1.165) is 51.3 Å². The Morgan fingerprint density at radius 1 is 1.11 bits per heavy atom. The van der Waals surface area contributed by atoms with Gasteiger partial charge in [-0.25, -0.2) is 13.2 Å². The summed E-state index contributed by atoms with van der Waals surface area (Å²) in [6.07, 6.45) is 6.15. The molecule has 0 aromatic heterocycles. The molecule has 0 bridgehead atoms. The monoisotopic (exact) mass is 563 g/mol. The van der Waals surface area contributed by atoms with Gasteiger partial charge in [-0.15, -0.1) is 11.8 Å². The smallest absolute Gasteiger partial charge is 0.370 e. The van der Waals surface area contributed by atoms with Crippen molar-refractivity contribution in [3.63, 3.8) is 0 Å². The zero-order valence-corrected chi connectivity index (χ0v) is 24.3. The Morgan fingerprint density at radius 2 is 1.76 bits per heavy atom. The molecule has 0 amide bonds. The van der Waals surface area contributed by atoms with Crippen LogP contribution >= 0.6 is 11.8 Å². The average molecular weight is 564 g/mol. The molecule has 0 N–H and O–H groups in total. The molecule has 0 saturated carbocycles. The van der Waals surface area contributed by atoms with Crippen molar-refractivity contribution in [2.24, 2.45) is 5.41 Å². The molecular weight excluding hydrogens is 525 g/mol. The Morgan fingerprint density at radius 3 is 2.34 bits per heavy atom. The summed E-state index contributed by atoms with van der Waals surface area (Å²) >= 11 is 1.46. The molecule has 0 radical (unpaired) electrons. The number of benzene rings is 2. The molecule has 3 rings (SSSR count). The number of unbranched alkanes of at least 4 members (excludes halogenated alkanes) is 2. The summed E-state index contributed by atoms with van der Waals surface area (Å²) in [4.78, 5) is 14.4. The van der Waals surface area contributed by atoms with E-state index in [1.54, 1.807) is 0 Å². The molecule has 2 aromatic carbocycles. The van der Waals surface area contributed by atoms with Crippen molar-refractivity contribution in [2.45, 2.75) is 69.1 Å². The number of thioether (sulfide) groups is 1. The van der Waals surface area contributed by atoms with Gasteiger partial charge in [-0.2, -0.15) is 4.39 Å². The highest BCUT2D eigenvalue weighted by Crippen LogP contribution is 2.48. The first-order chi connectivity index (χ1) is 18.2. The largest absolute Gasteiger partial charge is 0.464 e. The number of para-hydroxylation sites is 1. The Bertz CT molecular complexity index is 1220. The van der Waals surface area contributed by atoms with E-state index in [0.29, 0.717) is 29.1 Å². The molecule has 0 aliphatic carbocycles. The van der Waals surface area contributed by atoms with Crippen LogP contribution in [0.2, 0.25) is 0 Å². The second-order valence-electron chi connectivity index (χ2n) is 9.66. The van der Waals surface area contributed by atoms with Crippen LogP contribution in [0.3, 0.4) is 0 Å². The van der Waals surface area contributed by atoms with Gasteiger partial charge in [0, 0.05) is 23.7 Å². The predicted molar refractivity (Wildman–Crippen MR) is 152 cm³/mol. The van der Waals surface area contributed by atoms with E-state index in [1.165, 1.54) is 17.8 Å². The quantitative estimate of drug-likeness (QED) is 0.115. The fourth-order valence-electron chi connectivity index (χ4n) is 4.93. The van der Waals surface area contributed by atoms with E-state index in [1.807, 2.05) is 43.3 Å². The molecule has 1 aliphatic heterocycles. The molecule has 38 heavy (non-hydrogen) atoms. The van der Waals surface area contributed by atoms with Crippen LogP contribution in [0.25, 0.3) is 0 Å². The van der Waals surface area contributed by atoms with Gasteiger partial charge in [-0.3, -0.25) is 0 Å². The van der Waals surface area contributed by atoms with Crippen LogP contribution in [-0.2, 0) is 19.4 Å². The van der Waals surface area contributed by atoms with Crippen molar-refractivity contribution in [1.82, 2.24) is 0 Å². The number of sulfone groups is 1. The van der Waals surface area contributed by atoms with Gasteiger partial charge in [-0.1, -0.05) is 64.7 Å². The number of ether oxygens (including phenoxy) is 2. The first-order valence-electron chi connectivity index (χ1n) is 13.2. The summed E-state index contributed by atoms with van der Waals surface area (Å²) in [5.74, 6) is -1.47. The summed E-state index contributed by atoms with van der Waals surface area (Å²) in [5.41, 5.74) is 1.09. The van der Waals surface area contributed by atoms with E-state index < -0.39 is 27.0 Å². The highest BCUT2D eigenvalue weighted by molar-refractivity contribution is 7.99. The first-order valence-corrected chi connectivity index (χ1v) is 15.8. The highest BCUT2D eigenvalue weighted by Gasteiger charge is 2.42. The third kappa shape index (κ3) is 7.11. The van der Waals surface area contributed by atoms with Crippen molar-refractivity contribution >= 4 is 38.9 Å². The van der Waals surface area contributed by atoms with Crippen molar-refractivity contribution in [1.29, 1.82) is 0 Å². The zero-order valence-electron chi connectivity index (χ0n) is 22.7. The maximum atomic E-state index is 14.1. The third-order valence-corrected chi connectivity index (χ3v) is 9.71. The van der Waals surface area contributed by atoms with E-state index >= 15 is 0 Å². The minimum atomic E-state index is -3.74. The number of carbonyl (C=O) groups is 1. The molecule has 1 aliphatic rings. The van der Waals surface area contributed by atoms with Gasteiger partial charge in [0.2, 0.25) is 5.83 Å². The van der Waals surface area contributed by atoms with Gasteiger partial charge < -0.3 is 14.4 Å². The van der Waals surface area contributed by atoms with E-state index in [2.05, 4.69) is 23.5 Å². The van der Waals surface area contributed by atoms with E-state index in [9.17, 15) is 17.6 Å². The number of anilines is 2. The minimum Gasteiger partial charge on any atom is -0.464 e. The van der Waals surface area contributed by atoms with Crippen LogP contribution in [-0.4, -0.2) is 39.5 Å². The highest BCUT2D eigenvalue weighted by atomic mass is 32.2. The van der Waals surface area contributed by atoms with Gasteiger partial charge in [0.15, 0.2) is 9.84 Å². The number of nitrogens with zero attached hydrogens (tertiary/aromatic N) is 1. The lowest BCUT2D eigenvalue weighted by Crippen LogP contribution is -2.38. The summed E-state index contributed by atoms with van der Waals surface area (Å²) in [5, 5.41) is 0. The standard InChI is InChI=1S/C29H38FNO5S2/c1-5-8-15-29(16-9-6-2)20-31(22-13-11-10-12-14-22)24-17-26(37-7-3)25(18-27(24)38(33,34)21-29)36-19-23(30)28(32)35-4/h10-14,17-19H,5-9,15-16,20-21H2,1-4H3/b23-19-. The van der Waals surface area contributed by atoms with Crippen LogP contribution in [0.1, 0.15) is 59.3 Å². The Balaban J connectivity index is 2.24. The molecule has 0 atom stereocenters. The molecule has 0 saturated heterocycles. The van der Waals surface area contributed by atoms with Crippen molar-refractivity contribution in [3.05, 3.63) is 54.6 Å². The maximum Gasteiger partial charge on any atom is 0.370 e. The number of rotatable bonds is 12. The van der Waals surface area contributed by atoms with Crippen LogP contribution in [0, 0.1) is 5.41 Å². The molecule has 9 heteroatoms. The van der Waals surface area contributed by atoms with Crippen LogP contribution in [0.15, 0.2) is 64.3 Å². The van der Waals surface area contributed by atoms with Gasteiger partial charge in [-0.05, 0) is 36.8 Å². The second-order valence-corrected chi connectivity index (χ2v) is 12.9. The zero-order chi connectivity index (χ0) is 27.8. The fraction of sp³-hybridized carbons (Fsp3) is 0.483. The van der Waals surface area contributed by atoms with Crippen molar-refractivity contribution in [3.8, 4) is 5.75 Å². The SMILES string of the molecule is CCCCC1(CCCC)CN(c2ccccc2)c2cc(SCC)c(O/C=C(\F)C(=O)OC)cc2S(=O)(=O)C1. The molecule has 1 heterocycles. The normalized spacial score (nSPS) is 16.4. The number of methoxy groups -OCH3 is 1. The van der Waals surface area contributed by atoms with Gasteiger partial charge in [0.1, 0.15) is 12.0 Å². The van der Waals surface area contributed by atoms with E-state index in [4.69, 9.17) is 4.74 Å². The summed E-state index contributed by atoms with van der Waals surface area (Å²) in [6.45, 7) is 6.80. The number of hydrogen-bond acceptors (Lipinski definition) is 7. The lowest BCUT2D eigenvalue weighted by atomic mass is 9.79. The lowest BCUT2D eigenvalue weighted by molar-refractivity contribution is -0.137. The number of esters is 1. The van der Waals surface area contributed by atoms with Crippen molar-refractivity contribution < 1.29 is 27.1 Å². The molecule has 0 fully saturated rings. The maximum absolute atomic E-state index is 14.1. The molecule has 0 unspecified atom stereocenters. The third-order valence-electron chi connectivity index (χ3n) is 6.80. The number of fused-ring (bicyclic) bond motifs is 1. The van der Waals surface area contributed by atoms with Crippen molar-refractivity contribution in [2.75, 3.05) is 30.1 Å². The summed E-state index contributed by atoms with van der Waals surface area (Å²) < 4.78 is 52.2. The summed E-state index contributed by atoms with van der Waals surface area (Å²) in [6, 6.07) is 13.1. The van der Waals surface area contributed by atoms with Gasteiger partial charge >= 0.3 is 5.97 Å². The van der Waals surface area contributed by atoms with Gasteiger partial charge in [0.25, 0.3) is 0 Å². The Kier molecular flexibility index (Phi) is 10.7. The lowest BCUT2D eigenvalue weighted by Gasteiger charge is -2.37. The van der Waals surface area contributed by atoms with Crippen LogP contribution < -0.4 is 9.64 Å². The Labute approximate surface area is 230 Å². The number of carbonyl (C=O) groups excluding carboxylic acids is 1. The first kappa shape index (κ1) is 30.0. The minimum absolute atomic E-state index is 0.0302. The number of hydrogen-bond donors (Lipinski definition) is 0. The van der Waals surface area contributed by atoms with E-state index in [-0.39, 0.29) is 16.4 Å². The molecule has 0 spiro atoms. The van der Waals surface area contributed by atoms with Crippen LogP contribution in [0.4, 0.5) is 15.8 Å². The topological polar surface area (TPSA) is 72.9 Å². The Hall–Kier alpha value is -2.52. The predicted octanol–water partition coefficient (Wildman–Crippen LogP) is 7.45. The van der Waals surface area contributed by atoms with Gasteiger partial charge in [0.05, 0.1) is 28.3 Å². The van der Waals surface area contributed by atoms with Crippen LogP contribution in [0.5, 0.6) is 5.75 Å². The molecular formula is C29H38FNO5S2. The summed E-state index contributed by atoms with van der Waals surface area (Å²) in [7, 11) is -2.66. The molecule has 208 valence electrons. The molecule has 6 nitrogen and oxygen atoms in total. The second kappa shape index (κ2) is 13.5. The fourth-order valence-corrected chi connectivity index (χ4v) is 7.80. The average Bonchev–Trinajstić information content (AvgIpc) is 3.01.